The summed E-state index contributed by atoms with van der Waals surface area (Å²) in [5, 5.41) is 12.2. The van der Waals surface area contributed by atoms with E-state index in [-0.39, 0.29) is 47.4 Å². The van der Waals surface area contributed by atoms with Crippen LogP contribution in [0.1, 0.15) is 83.6 Å². The van der Waals surface area contributed by atoms with E-state index in [0.29, 0.717) is 42.9 Å². The molecule has 0 aliphatic heterocycles. The van der Waals surface area contributed by atoms with Crippen LogP contribution in [0.2, 0.25) is 0 Å². The molecule has 1 aromatic carbocycles. The summed E-state index contributed by atoms with van der Waals surface area (Å²) in [7, 11) is 0. The number of hydrogen-bond donors (Lipinski definition) is 2. The number of phenolic OH excluding ortho intramolecular Hbond substituents is 1. The Labute approximate surface area is 220 Å². The molecule has 0 aromatic heterocycles. The fraction of sp³-hybridized carbons (Fsp3) is 0.645. The zero-order chi connectivity index (χ0) is 26.2. The van der Waals surface area contributed by atoms with Crippen LogP contribution >= 0.6 is 0 Å². The smallest absolute Gasteiger partial charge is 0.306 e. The molecule has 1 aromatic rings. The Morgan fingerprint density at radius 3 is 2.57 bits per heavy atom. The van der Waals surface area contributed by atoms with Crippen molar-refractivity contribution in [2.45, 2.75) is 90.6 Å². The molecule has 5 rings (SSSR count). The van der Waals surface area contributed by atoms with Crippen LogP contribution in [0.15, 0.2) is 35.9 Å². The van der Waals surface area contributed by atoms with Crippen molar-refractivity contribution < 1.29 is 24.2 Å². The van der Waals surface area contributed by atoms with E-state index in [1.165, 1.54) is 5.57 Å². The number of aromatic hydroxyl groups is 1. The highest BCUT2D eigenvalue weighted by Gasteiger charge is 2.59. The minimum Gasteiger partial charge on any atom is -0.508 e. The van der Waals surface area contributed by atoms with Gasteiger partial charge in [0.15, 0.2) is 5.78 Å². The molecule has 6 nitrogen and oxygen atoms in total. The summed E-state index contributed by atoms with van der Waals surface area (Å²) < 4.78 is 6.05. The molecular formula is C31H41NO5. The summed E-state index contributed by atoms with van der Waals surface area (Å²) >= 11 is 0. The van der Waals surface area contributed by atoms with E-state index in [2.05, 4.69) is 19.2 Å². The molecule has 3 fully saturated rings. The molecule has 0 bridgehead atoms. The Kier molecular flexibility index (Phi) is 7.21. The molecule has 0 unspecified atom stereocenters. The number of nitrogens with one attached hydrogen (secondary N) is 1. The van der Waals surface area contributed by atoms with Gasteiger partial charge in [-0.2, -0.15) is 0 Å². The van der Waals surface area contributed by atoms with Gasteiger partial charge in [0.25, 0.3) is 0 Å². The van der Waals surface area contributed by atoms with Crippen LogP contribution in [0.3, 0.4) is 0 Å². The molecule has 4 aliphatic carbocycles. The lowest BCUT2D eigenvalue weighted by Gasteiger charge is -2.57. The number of allylic oxidation sites excluding steroid dienone is 1. The van der Waals surface area contributed by atoms with E-state index in [1.807, 2.05) is 18.2 Å². The van der Waals surface area contributed by atoms with Gasteiger partial charge in [0.05, 0.1) is 6.42 Å². The number of carbonyl (C=O) groups is 3. The molecule has 3 saturated carbocycles. The number of ether oxygens (including phenoxy) is 1. The van der Waals surface area contributed by atoms with Crippen LogP contribution < -0.4 is 5.32 Å². The zero-order valence-corrected chi connectivity index (χ0v) is 22.3. The standard InChI is InChI=1S/C31H41NO5/c1-30-16-13-23(34)19-21(30)5-8-24-25-9-10-27(31(25,2)17-14-26(24)30)37-29(36)12-11-28(35)32-18-15-20-3-6-22(33)7-4-20/h3-4,6-7,19,24-27,33H,5,8-18H2,1-2H3,(H,32,35)/t24-,25-,26-,27+,30-,31-/m0/s1. The first-order valence-electron chi connectivity index (χ1n) is 14.2. The van der Waals surface area contributed by atoms with Crippen LogP contribution in [0.5, 0.6) is 5.75 Å². The number of carbonyl (C=O) groups excluding carboxylic acids is 3. The molecule has 1 amide bonds. The first-order valence-corrected chi connectivity index (χ1v) is 14.2. The predicted octanol–water partition coefficient (Wildman–Crippen LogP) is 5.27. The molecule has 0 spiro atoms. The highest BCUT2D eigenvalue weighted by atomic mass is 16.5. The molecule has 6 heteroatoms. The fourth-order valence-corrected chi connectivity index (χ4v) is 8.24. The Balaban J connectivity index is 1.11. The average molecular weight is 508 g/mol. The third-order valence-electron chi connectivity index (χ3n) is 10.4. The van der Waals surface area contributed by atoms with Gasteiger partial charge in [-0.05, 0) is 98.3 Å². The minimum atomic E-state index is -0.269. The van der Waals surface area contributed by atoms with Gasteiger partial charge in [-0.25, -0.2) is 0 Å². The van der Waals surface area contributed by atoms with Crippen LogP contribution in [0, 0.1) is 28.6 Å². The van der Waals surface area contributed by atoms with Crippen molar-refractivity contribution in [1.82, 2.24) is 5.32 Å². The van der Waals surface area contributed by atoms with E-state index >= 15 is 0 Å². The van der Waals surface area contributed by atoms with Gasteiger partial charge in [0.2, 0.25) is 5.91 Å². The molecule has 200 valence electrons. The maximum atomic E-state index is 12.7. The quantitative estimate of drug-likeness (QED) is 0.490. The lowest BCUT2D eigenvalue weighted by atomic mass is 9.47. The SMILES string of the molecule is C[C@]12CC[C@H]3[C@@H](CCC4=CC(=O)CC[C@@]43C)[C@@H]1CC[C@H]2OC(=O)CCC(=O)NCCc1ccc(O)cc1. The average Bonchev–Trinajstić information content (AvgIpc) is 3.20. The molecule has 37 heavy (non-hydrogen) atoms. The Morgan fingerprint density at radius 2 is 1.78 bits per heavy atom. The summed E-state index contributed by atoms with van der Waals surface area (Å²) in [5.74, 6) is 1.93. The first kappa shape index (κ1) is 26.0. The number of benzene rings is 1. The van der Waals surface area contributed by atoms with Gasteiger partial charge in [-0.15, -0.1) is 0 Å². The predicted molar refractivity (Wildman–Crippen MR) is 141 cm³/mol. The van der Waals surface area contributed by atoms with Crippen LogP contribution in [0.4, 0.5) is 0 Å². The fourth-order valence-electron chi connectivity index (χ4n) is 8.24. The van der Waals surface area contributed by atoms with Crippen LogP contribution in [-0.4, -0.2) is 35.4 Å². The second-order valence-electron chi connectivity index (χ2n) is 12.3. The molecular weight excluding hydrogens is 466 g/mol. The normalized spacial score (nSPS) is 34.5. The highest BCUT2D eigenvalue weighted by Crippen LogP contribution is 2.65. The summed E-state index contributed by atoms with van der Waals surface area (Å²) in [5.41, 5.74) is 2.58. The number of fused-ring (bicyclic) bond motifs is 5. The van der Waals surface area contributed by atoms with Crippen molar-refractivity contribution in [3.63, 3.8) is 0 Å². The van der Waals surface area contributed by atoms with Gasteiger partial charge < -0.3 is 15.2 Å². The summed E-state index contributed by atoms with van der Waals surface area (Å²) in [4.78, 5) is 37.1. The largest absolute Gasteiger partial charge is 0.508 e. The van der Waals surface area contributed by atoms with E-state index < -0.39 is 0 Å². The number of amides is 1. The molecule has 0 radical (unpaired) electrons. The zero-order valence-electron chi connectivity index (χ0n) is 22.3. The summed E-state index contributed by atoms with van der Waals surface area (Å²) in [6, 6.07) is 6.94. The minimum absolute atomic E-state index is 0.00523. The van der Waals surface area contributed by atoms with Gasteiger partial charge in [0.1, 0.15) is 11.9 Å². The Morgan fingerprint density at radius 1 is 1.00 bits per heavy atom. The molecule has 0 heterocycles. The number of esters is 1. The second-order valence-corrected chi connectivity index (χ2v) is 12.3. The summed E-state index contributed by atoms with van der Waals surface area (Å²) in [6.45, 7) is 5.22. The van der Waals surface area contributed by atoms with Gasteiger partial charge in [0, 0.05) is 24.8 Å². The van der Waals surface area contributed by atoms with Crippen molar-refractivity contribution in [2.75, 3.05) is 6.54 Å². The van der Waals surface area contributed by atoms with Crippen molar-refractivity contribution in [2.24, 2.45) is 28.6 Å². The van der Waals surface area contributed by atoms with E-state index in [4.69, 9.17) is 4.74 Å². The van der Waals surface area contributed by atoms with Crippen molar-refractivity contribution >= 4 is 17.7 Å². The summed E-state index contributed by atoms with van der Waals surface area (Å²) in [6.07, 6.45) is 10.8. The van der Waals surface area contributed by atoms with E-state index in [1.54, 1.807) is 12.1 Å². The number of hydrogen-bond acceptors (Lipinski definition) is 5. The lowest BCUT2D eigenvalue weighted by molar-refractivity contribution is -0.160. The van der Waals surface area contributed by atoms with Gasteiger partial charge in [-0.1, -0.05) is 31.6 Å². The Bertz CT molecular complexity index is 1080. The van der Waals surface area contributed by atoms with Crippen LogP contribution in [0.25, 0.3) is 0 Å². The number of ketones is 1. The third-order valence-corrected chi connectivity index (χ3v) is 10.4. The highest BCUT2D eigenvalue weighted by molar-refractivity contribution is 5.91. The maximum Gasteiger partial charge on any atom is 0.306 e. The molecule has 2 N–H and O–H groups in total. The number of rotatable bonds is 7. The van der Waals surface area contributed by atoms with Gasteiger partial charge in [-0.3, -0.25) is 14.4 Å². The third kappa shape index (κ3) is 5.08. The van der Waals surface area contributed by atoms with E-state index in [9.17, 15) is 19.5 Å². The second kappa shape index (κ2) is 10.3. The molecule has 4 aliphatic rings. The van der Waals surface area contributed by atoms with Crippen LogP contribution in [-0.2, 0) is 25.5 Å². The van der Waals surface area contributed by atoms with Crippen molar-refractivity contribution in [3.8, 4) is 5.75 Å². The number of phenols is 1. The van der Waals surface area contributed by atoms with Crippen molar-refractivity contribution in [3.05, 3.63) is 41.5 Å². The molecule has 0 saturated heterocycles. The molecule has 6 atom stereocenters. The van der Waals surface area contributed by atoms with Gasteiger partial charge >= 0.3 is 5.97 Å². The first-order chi connectivity index (χ1) is 17.7. The lowest BCUT2D eigenvalue weighted by Crippen LogP contribution is -2.51. The maximum absolute atomic E-state index is 12.7. The van der Waals surface area contributed by atoms with E-state index in [0.717, 1.165) is 50.5 Å². The topological polar surface area (TPSA) is 92.7 Å². The Hall–Kier alpha value is -2.63. The van der Waals surface area contributed by atoms with Crippen molar-refractivity contribution in [1.29, 1.82) is 0 Å². The monoisotopic (exact) mass is 507 g/mol.